The topological polar surface area (TPSA) is 100 Å². The maximum absolute atomic E-state index is 12.3. The van der Waals surface area contributed by atoms with Crippen LogP contribution in [-0.4, -0.2) is 44.1 Å². The Balaban J connectivity index is 1.35. The highest BCUT2D eigenvalue weighted by molar-refractivity contribution is 5.98. The molecular weight excluding hydrogens is 426 g/mol. The van der Waals surface area contributed by atoms with Gasteiger partial charge >= 0.3 is 5.97 Å². The number of nitrogens with one attached hydrogen (secondary N) is 1. The molecule has 2 aromatic carbocycles. The van der Waals surface area contributed by atoms with E-state index in [1.165, 1.54) is 0 Å². The Labute approximate surface area is 193 Å². The van der Waals surface area contributed by atoms with Crippen molar-refractivity contribution in [2.45, 2.75) is 39.0 Å². The second-order valence-electron chi connectivity index (χ2n) is 7.57. The van der Waals surface area contributed by atoms with E-state index in [4.69, 9.17) is 18.9 Å². The van der Waals surface area contributed by atoms with Crippen LogP contribution in [0.1, 0.15) is 49.4 Å². The molecule has 2 aromatic rings. The molecule has 0 aromatic heterocycles. The Bertz CT molecular complexity index is 956. The van der Waals surface area contributed by atoms with E-state index in [1.54, 1.807) is 42.5 Å². The van der Waals surface area contributed by atoms with Gasteiger partial charge in [-0.25, -0.2) is 0 Å². The van der Waals surface area contributed by atoms with Crippen LogP contribution in [0.4, 0.5) is 5.69 Å². The Kier molecular flexibility index (Phi) is 9.11. The van der Waals surface area contributed by atoms with Gasteiger partial charge in [-0.2, -0.15) is 0 Å². The number of anilines is 1. The largest absolute Gasteiger partial charge is 0.494 e. The second-order valence-corrected chi connectivity index (χ2v) is 7.57. The fourth-order valence-electron chi connectivity index (χ4n) is 3.18. The first-order chi connectivity index (χ1) is 16.0. The van der Waals surface area contributed by atoms with Crippen LogP contribution in [0.15, 0.2) is 42.5 Å². The number of ether oxygens (including phenoxy) is 4. The lowest BCUT2D eigenvalue weighted by molar-refractivity contribution is -0.147. The molecular formula is C25H29NO7. The minimum absolute atomic E-state index is 0.000677. The van der Waals surface area contributed by atoms with Crippen LogP contribution in [0.2, 0.25) is 0 Å². The number of benzene rings is 2. The average Bonchev–Trinajstić information content (AvgIpc) is 2.84. The van der Waals surface area contributed by atoms with Crippen LogP contribution in [0.5, 0.6) is 17.2 Å². The summed E-state index contributed by atoms with van der Waals surface area (Å²) in [5.41, 5.74) is 1.01. The fourth-order valence-corrected chi connectivity index (χ4v) is 3.18. The number of fused-ring (bicyclic) bond motifs is 1. The monoisotopic (exact) mass is 455 g/mol. The summed E-state index contributed by atoms with van der Waals surface area (Å²) in [6, 6.07) is 11.9. The highest BCUT2D eigenvalue weighted by Crippen LogP contribution is 2.32. The van der Waals surface area contributed by atoms with Crippen molar-refractivity contribution in [3.8, 4) is 17.2 Å². The standard InChI is InChI=1S/C25H29NO7/c1-2-3-4-13-30-20-8-5-18(6-9-20)21(27)10-12-25(29)33-17-24(28)26-19-7-11-22-23(16-19)32-15-14-31-22/h5-9,11,16H,2-4,10,12-15,17H2,1H3,(H,26,28). The lowest BCUT2D eigenvalue weighted by atomic mass is 10.1. The van der Waals surface area contributed by atoms with E-state index in [1.807, 2.05) is 0 Å². The number of hydrogen-bond donors (Lipinski definition) is 1. The number of esters is 1. The first-order valence-electron chi connectivity index (χ1n) is 11.2. The van der Waals surface area contributed by atoms with E-state index >= 15 is 0 Å². The number of ketones is 1. The number of carbonyl (C=O) groups is 3. The van der Waals surface area contributed by atoms with E-state index in [0.29, 0.717) is 48.3 Å². The second kappa shape index (κ2) is 12.5. The van der Waals surface area contributed by atoms with Crippen molar-refractivity contribution in [1.82, 2.24) is 0 Å². The maximum Gasteiger partial charge on any atom is 0.306 e. The van der Waals surface area contributed by atoms with E-state index in [2.05, 4.69) is 12.2 Å². The number of hydrogen-bond acceptors (Lipinski definition) is 7. The summed E-state index contributed by atoms with van der Waals surface area (Å²) in [5, 5.41) is 2.63. The third kappa shape index (κ3) is 7.82. The third-order valence-electron chi connectivity index (χ3n) is 4.94. The molecule has 0 radical (unpaired) electrons. The van der Waals surface area contributed by atoms with Gasteiger partial charge in [0.2, 0.25) is 0 Å². The molecule has 0 unspecified atom stereocenters. The molecule has 33 heavy (non-hydrogen) atoms. The van der Waals surface area contributed by atoms with Crippen molar-refractivity contribution < 1.29 is 33.3 Å². The molecule has 0 aliphatic carbocycles. The molecule has 176 valence electrons. The zero-order valence-corrected chi connectivity index (χ0v) is 18.8. The van der Waals surface area contributed by atoms with Gasteiger partial charge in [0.05, 0.1) is 13.0 Å². The molecule has 0 bridgehead atoms. The lowest BCUT2D eigenvalue weighted by Crippen LogP contribution is -2.21. The Hall–Kier alpha value is -3.55. The van der Waals surface area contributed by atoms with Crippen LogP contribution >= 0.6 is 0 Å². The highest BCUT2D eigenvalue weighted by Gasteiger charge is 2.15. The molecule has 0 spiro atoms. The number of amides is 1. The van der Waals surface area contributed by atoms with Gasteiger partial charge in [0, 0.05) is 23.7 Å². The summed E-state index contributed by atoms with van der Waals surface area (Å²) in [7, 11) is 0. The maximum atomic E-state index is 12.3. The van der Waals surface area contributed by atoms with Crippen molar-refractivity contribution in [1.29, 1.82) is 0 Å². The molecule has 1 heterocycles. The van der Waals surface area contributed by atoms with Crippen molar-refractivity contribution in [2.24, 2.45) is 0 Å². The Morgan fingerprint density at radius 1 is 0.939 bits per heavy atom. The summed E-state index contributed by atoms with van der Waals surface area (Å²) in [5.74, 6) is 0.601. The average molecular weight is 456 g/mol. The van der Waals surface area contributed by atoms with Crippen LogP contribution in [-0.2, 0) is 14.3 Å². The zero-order chi connectivity index (χ0) is 23.5. The van der Waals surface area contributed by atoms with Crippen LogP contribution in [0, 0.1) is 0 Å². The van der Waals surface area contributed by atoms with E-state index in [9.17, 15) is 14.4 Å². The van der Waals surface area contributed by atoms with Gasteiger partial charge in [0.25, 0.3) is 5.91 Å². The summed E-state index contributed by atoms with van der Waals surface area (Å²) >= 11 is 0. The molecule has 0 saturated carbocycles. The van der Waals surface area contributed by atoms with Gasteiger partial charge in [-0.15, -0.1) is 0 Å². The fraction of sp³-hybridized carbons (Fsp3) is 0.400. The van der Waals surface area contributed by atoms with Crippen LogP contribution < -0.4 is 19.5 Å². The molecule has 0 atom stereocenters. The Morgan fingerprint density at radius 3 is 2.45 bits per heavy atom. The van der Waals surface area contributed by atoms with Crippen LogP contribution in [0.25, 0.3) is 0 Å². The minimum atomic E-state index is -0.614. The summed E-state index contributed by atoms with van der Waals surface area (Å²) < 4.78 is 21.5. The van der Waals surface area contributed by atoms with Gasteiger partial charge in [0.1, 0.15) is 19.0 Å². The molecule has 1 aliphatic heterocycles. The summed E-state index contributed by atoms with van der Waals surface area (Å²) in [6.45, 7) is 3.27. The number of carbonyl (C=O) groups excluding carboxylic acids is 3. The summed E-state index contributed by atoms with van der Waals surface area (Å²) in [4.78, 5) is 36.3. The van der Waals surface area contributed by atoms with E-state index in [-0.39, 0.29) is 18.6 Å². The molecule has 8 nitrogen and oxygen atoms in total. The molecule has 0 saturated heterocycles. The molecule has 8 heteroatoms. The number of rotatable bonds is 12. The molecule has 1 aliphatic rings. The SMILES string of the molecule is CCCCCOc1ccc(C(=O)CCC(=O)OCC(=O)Nc2ccc3c(c2)OCCO3)cc1. The first kappa shape index (κ1) is 24.1. The van der Waals surface area contributed by atoms with Gasteiger partial charge in [-0.05, 0) is 42.8 Å². The first-order valence-corrected chi connectivity index (χ1v) is 11.2. The Morgan fingerprint density at radius 2 is 1.70 bits per heavy atom. The lowest BCUT2D eigenvalue weighted by Gasteiger charge is -2.19. The number of Topliss-reactive ketones (excluding diaryl/α,β-unsaturated/α-hetero) is 1. The van der Waals surface area contributed by atoms with E-state index < -0.39 is 18.5 Å². The van der Waals surface area contributed by atoms with Crippen molar-refractivity contribution in [2.75, 3.05) is 31.7 Å². The van der Waals surface area contributed by atoms with Crippen LogP contribution in [0.3, 0.4) is 0 Å². The molecule has 3 rings (SSSR count). The molecule has 1 N–H and O–H groups in total. The molecule has 1 amide bonds. The highest BCUT2D eigenvalue weighted by atomic mass is 16.6. The van der Waals surface area contributed by atoms with Crippen molar-refractivity contribution in [3.63, 3.8) is 0 Å². The van der Waals surface area contributed by atoms with E-state index in [0.717, 1.165) is 19.3 Å². The molecule has 0 fully saturated rings. The number of unbranched alkanes of at least 4 members (excludes halogenated alkanes) is 2. The quantitative estimate of drug-likeness (QED) is 0.291. The smallest absolute Gasteiger partial charge is 0.306 e. The summed E-state index contributed by atoms with van der Waals surface area (Å²) in [6.07, 6.45) is 3.13. The minimum Gasteiger partial charge on any atom is -0.494 e. The zero-order valence-electron chi connectivity index (χ0n) is 18.8. The predicted molar refractivity (Wildman–Crippen MR) is 122 cm³/mol. The normalized spacial score (nSPS) is 12.0. The van der Waals surface area contributed by atoms with Gasteiger partial charge < -0.3 is 24.3 Å². The van der Waals surface area contributed by atoms with Crippen molar-refractivity contribution >= 4 is 23.3 Å². The third-order valence-corrected chi connectivity index (χ3v) is 4.94. The predicted octanol–water partition coefficient (Wildman–Crippen LogP) is 4.17. The van der Waals surface area contributed by atoms with Crippen molar-refractivity contribution in [3.05, 3.63) is 48.0 Å². The van der Waals surface area contributed by atoms with Gasteiger partial charge in [0.15, 0.2) is 23.9 Å². The van der Waals surface area contributed by atoms with Gasteiger partial charge in [-0.1, -0.05) is 19.8 Å². The van der Waals surface area contributed by atoms with Gasteiger partial charge in [-0.3, -0.25) is 14.4 Å².